The van der Waals surface area contributed by atoms with Crippen LogP contribution >= 0.6 is 0 Å². The van der Waals surface area contributed by atoms with Crippen molar-refractivity contribution in [3.63, 3.8) is 0 Å². The minimum atomic E-state index is -0.537. The van der Waals surface area contributed by atoms with Crippen molar-refractivity contribution in [2.45, 2.75) is 6.92 Å². The van der Waals surface area contributed by atoms with Gasteiger partial charge in [-0.2, -0.15) is 0 Å². The molecule has 0 heterocycles. The van der Waals surface area contributed by atoms with Gasteiger partial charge in [-0.15, -0.1) is 0 Å². The van der Waals surface area contributed by atoms with Gasteiger partial charge < -0.3 is 19.7 Å². The number of anilines is 2. The zero-order valence-electron chi connectivity index (χ0n) is 14.6. The molecular weight excluding hydrogens is 320 g/mol. The van der Waals surface area contributed by atoms with E-state index in [2.05, 4.69) is 5.32 Å². The van der Waals surface area contributed by atoms with Crippen LogP contribution < -0.4 is 15.0 Å². The van der Waals surface area contributed by atoms with E-state index in [0.717, 1.165) is 11.4 Å². The van der Waals surface area contributed by atoms with Crippen molar-refractivity contribution >= 4 is 23.3 Å². The zero-order valence-corrected chi connectivity index (χ0v) is 14.6. The van der Waals surface area contributed by atoms with Crippen molar-refractivity contribution in [3.8, 4) is 5.75 Å². The Kier molecular flexibility index (Phi) is 6.39. The summed E-state index contributed by atoms with van der Waals surface area (Å²) in [6, 6.07) is 14.0. The summed E-state index contributed by atoms with van der Waals surface area (Å²) in [7, 11) is 3.77. The van der Waals surface area contributed by atoms with E-state index in [0.29, 0.717) is 17.9 Å². The molecule has 0 aliphatic carbocycles. The minimum Gasteiger partial charge on any atom is -0.494 e. The van der Waals surface area contributed by atoms with Crippen molar-refractivity contribution in [2.24, 2.45) is 0 Å². The summed E-state index contributed by atoms with van der Waals surface area (Å²) in [5.41, 5.74) is 1.90. The molecule has 0 radical (unpaired) electrons. The van der Waals surface area contributed by atoms with E-state index in [9.17, 15) is 9.59 Å². The quantitative estimate of drug-likeness (QED) is 0.784. The number of esters is 1. The highest BCUT2D eigenvalue weighted by Gasteiger charge is 2.11. The number of amides is 1. The fraction of sp³-hybridized carbons (Fsp3) is 0.263. The number of carbonyl (C=O) groups excluding carboxylic acids is 2. The van der Waals surface area contributed by atoms with Gasteiger partial charge in [0.1, 0.15) is 5.75 Å². The van der Waals surface area contributed by atoms with Gasteiger partial charge in [-0.3, -0.25) is 4.79 Å². The van der Waals surface area contributed by atoms with E-state index in [-0.39, 0.29) is 6.61 Å². The Hall–Kier alpha value is -3.02. The summed E-state index contributed by atoms with van der Waals surface area (Å²) in [5.74, 6) is -0.209. The number of rotatable bonds is 7. The number of nitrogens with one attached hydrogen (secondary N) is 1. The normalized spacial score (nSPS) is 10.0. The summed E-state index contributed by atoms with van der Waals surface area (Å²) in [4.78, 5) is 25.8. The Morgan fingerprint density at radius 1 is 1.08 bits per heavy atom. The maximum atomic E-state index is 12.1. The molecule has 0 spiro atoms. The average Bonchev–Trinajstić information content (AvgIpc) is 2.61. The van der Waals surface area contributed by atoms with Crippen LogP contribution in [0.2, 0.25) is 0 Å². The summed E-state index contributed by atoms with van der Waals surface area (Å²) < 4.78 is 10.4. The second-order valence-corrected chi connectivity index (χ2v) is 5.53. The highest BCUT2D eigenvalue weighted by Crippen LogP contribution is 2.16. The standard InChI is InChI=1S/C19H22N2O4/c1-4-24-17-10-8-15(9-11-17)20-18(22)13-25-19(23)14-6-5-7-16(12-14)21(2)3/h5-12H,4,13H2,1-3H3,(H,20,22). The van der Waals surface area contributed by atoms with Gasteiger partial charge in [0.25, 0.3) is 5.91 Å². The van der Waals surface area contributed by atoms with Crippen LogP contribution in [0.25, 0.3) is 0 Å². The SMILES string of the molecule is CCOc1ccc(NC(=O)COC(=O)c2cccc(N(C)C)c2)cc1. The van der Waals surface area contributed by atoms with Gasteiger partial charge in [-0.05, 0) is 49.4 Å². The fourth-order valence-electron chi connectivity index (χ4n) is 2.12. The average molecular weight is 342 g/mol. The minimum absolute atomic E-state index is 0.349. The molecule has 0 aliphatic rings. The second kappa shape index (κ2) is 8.73. The first kappa shape index (κ1) is 18.3. The molecule has 0 unspecified atom stereocenters. The number of carbonyl (C=O) groups is 2. The van der Waals surface area contributed by atoms with Gasteiger partial charge in [-0.25, -0.2) is 4.79 Å². The topological polar surface area (TPSA) is 67.9 Å². The molecule has 2 rings (SSSR count). The number of ether oxygens (including phenoxy) is 2. The molecule has 1 N–H and O–H groups in total. The van der Waals surface area contributed by atoms with Crippen LogP contribution in [0.15, 0.2) is 48.5 Å². The number of nitrogens with zero attached hydrogens (tertiary/aromatic N) is 1. The largest absolute Gasteiger partial charge is 0.494 e. The van der Waals surface area contributed by atoms with Crippen LogP contribution in [-0.4, -0.2) is 39.2 Å². The Bertz CT molecular complexity index is 726. The number of hydrogen-bond donors (Lipinski definition) is 1. The monoisotopic (exact) mass is 342 g/mol. The Balaban J connectivity index is 1.86. The molecule has 132 valence electrons. The first-order valence-corrected chi connectivity index (χ1v) is 7.97. The third-order valence-electron chi connectivity index (χ3n) is 3.38. The first-order valence-electron chi connectivity index (χ1n) is 7.97. The molecule has 0 saturated carbocycles. The van der Waals surface area contributed by atoms with Crippen LogP contribution in [-0.2, 0) is 9.53 Å². The third-order valence-corrected chi connectivity index (χ3v) is 3.38. The van der Waals surface area contributed by atoms with E-state index in [1.807, 2.05) is 32.0 Å². The second-order valence-electron chi connectivity index (χ2n) is 5.53. The summed E-state index contributed by atoms with van der Waals surface area (Å²) in [6.07, 6.45) is 0. The molecule has 6 nitrogen and oxygen atoms in total. The van der Waals surface area contributed by atoms with Crippen molar-refractivity contribution in [1.29, 1.82) is 0 Å². The third kappa shape index (κ3) is 5.53. The molecule has 0 bridgehead atoms. The van der Waals surface area contributed by atoms with Crippen LogP contribution in [0.4, 0.5) is 11.4 Å². The molecule has 6 heteroatoms. The molecule has 0 fully saturated rings. The van der Waals surface area contributed by atoms with Gasteiger partial charge in [0, 0.05) is 25.5 Å². The van der Waals surface area contributed by atoms with Gasteiger partial charge >= 0.3 is 5.97 Å². The molecule has 2 aromatic carbocycles. The maximum absolute atomic E-state index is 12.1. The molecule has 0 atom stereocenters. The van der Waals surface area contributed by atoms with Gasteiger partial charge in [-0.1, -0.05) is 6.07 Å². The van der Waals surface area contributed by atoms with E-state index < -0.39 is 11.9 Å². The number of benzene rings is 2. The Morgan fingerprint density at radius 3 is 2.44 bits per heavy atom. The van der Waals surface area contributed by atoms with Crippen molar-refractivity contribution in [1.82, 2.24) is 0 Å². The molecule has 0 aromatic heterocycles. The molecular formula is C19H22N2O4. The molecule has 2 aromatic rings. The van der Waals surface area contributed by atoms with Gasteiger partial charge in [0.2, 0.25) is 0 Å². The lowest BCUT2D eigenvalue weighted by Crippen LogP contribution is -2.21. The smallest absolute Gasteiger partial charge is 0.338 e. The fourth-order valence-corrected chi connectivity index (χ4v) is 2.12. The van der Waals surface area contributed by atoms with Crippen LogP contribution in [0.1, 0.15) is 17.3 Å². The molecule has 1 amide bonds. The maximum Gasteiger partial charge on any atom is 0.338 e. The first-order chi connectivity index (χ1) is 12.0. The molecule has 0 aliphatic heterocycles. The van der Waals surface area contributed by atoms with E-state index >= 15 is 0 Å². The Morgan fingerprint density at radius 2 is 1.80 bits per heavy atom. The van der Waals surface area contributed by atoms with Gasteiger partial charge in [0.15, 0.2) is 6.61 Å². The number of hydrogen-bond acceptors (Lipinski definition) is 5. The van der Waals surface area contributed by atoms with Crippen molar-refractivity contribution in [2.75, 3.05) is 37.5 Å². The Labute approximate surface area is 147 Å². The predicted molar refractivity (Wildman–Crippen MR) is 97.3 cm³/mol. The van der Waals surface area contributed by atoms with Gasteiger partial charge in [0.05, 0.1) is 12.2 Å². The predicted octanol–water partition coefficient (Wildman–Crippen LogP) is 2.95. The zero-order chi connectivity index (χ0) is 18.2. The molecule has 25 heavy (non-hydrogen) atoms. The lowest BCUT2D eigenvalue weighted by molar-refractivity contribution is -0.119. The summed E-state index contributed by atoms with van der Waals surface area (Å²) in [6.45, 7) is 2.13. The van der Waals surface area contributed by atoms with Crippen molar-refractivity contribution < 1.29 is 19.1 Å². The summed E-state index contributed by atoms with van der Waals surface area (Å²) in [5, 5.41) is 2.67. The lowest BCUT2D eigenvalue weighted by atomic mass is 10.2. The van der Waals surface area contributed by atoms with E-state index in [1.165, 1.54) is 0 Å². The highest BCUT2D eigenvalue weighted by atomic mass is 16.5. The van der Waals surface area contributed by atoms with Crippen LogP contribution in [0.3, 0.4) is 0 Å². The van der Waals surface area contributed by atoms with E-state index in [1.54, 1.807) is 42.5 Å². The van der Waals surface area contributed by atoms with E-state index in [4.69, 9.17) is 9.47 Å². The van der Waals surface area contributed by atoms with Crippen LogP contribution in [0.5, 0.6) is 5.75 Å². The molecule has 0 saturated heterocycles. The lowest BCUT2D eigenvalue weighted by Gasteiger charge is -2.13. The van der Waals surface area contributed by atoms with Crippen molar-refractivity contribution in [3.05, 3.63) is 54.1 Å². The highest BCUT2D eigenvalue weighted by molar-refractivity contribution is 5.95. The summed E-state index contributed by atoms with van der Waals surface area (Å²) >= 11 is 0. The van der Waals surface area contributed by atoms with Crippen LogP contribution in [0, 0.1) is 0 Å².